The number of fused-ring (bicyclic) bond motifs is 4. The molecule has 3 fully saturated rings. The number of hydrogen-bond donors (Lipinski definition) is 2. The van der Waals surface area contributed by atoms with Gasteiger partial charge in [0.05, 0.1) is 54.6 Å². The highest BCUT2D eigenvalue weighted by Crippen LogP contribution is 2.66. The van der Waals surface area contributed by atoms with E-state index < -0.39 is 46.8 Å². The Morgan fingerprint density at radius 1 is 0.923 bits per heavy atom. The molecular weight excluding hydrogens is 725 g/mol. The van der Waals surface area contributed by atoms with E-state index in [1.807, 2.05) is 23.6 Å². The van der Waals surface area contributed by atoms with Crippen LogP contribution < -0.4 is 14.9 Å². The Morgan fingerprint density at radius 2 is 1.71 bits per heavy atom. The molecule has 1 aromatic heterocycles. The van der Waals surface area contributed by atoms with Gasteiger partial charge < -0.3 is 14.6 Å². The van der Waals surface area contributed by atoms with Crippen LogP contribution in [-0.4, -0.2) is 52.9 Å². The lowest BCUT2D eigenvalue weighted by atomic mass is 9.49. The molecule has 8 rings (SSSR count). The maximum Gasteiger partial charge on any atom is 0.260 e. The summed E-state index contributed by atoms with van der Waals surface area (Å²) in [6.07, 6.45) is 2.28. The van der Waals surface area contributed by atoms with Crippen LogP contribution in [0.5, 0.6) is 17.2 Å². The molecule has 3 heterocycles. The van der Waals surface area contributed by atoms with Crippen LogP contribution in [0.2, 0.25) is 10.0 Å². The minimum atomic E-state index is -1.64. The van der Waals surface area contributed by atoms with Crippen molar-refractivity contribution < 1.29 is 33.8 Å². The fourth-order valence-corrected chi connectivity index (χ4v) is 10.1. The second kappa shape index (κ2) is 13.0. The van der Waals surface area contributed by atoms with Gasteiger partial charge in [-0.2, -0.15) is 5.01 Å². The minimum Gasteiger partial charge on any atom is -0.508 e. The quantitative estimate of drug-likeness (QED) is 0.146. The van der Waals surface area contributed by atoms with Gasteiger partial charge in [-0.1, -0.05) is 59.1 Å². The number of carbonyl (C=O) groups excluding carboxylic acids is 4. The molecule has 10 nitrogen and oxygen atoms in total. The van der Waals surface area contributed by atoms with Crippen molar-refractivity contribution in [1.82, 2.24) is 9.91 Å². The summed E-state index contributed by atoms with van der Waals surface area (Å²) >= 11 is 14.2. The van der Waals surface area contributed by atoms with Crippen molar-refractivity contribution in [2.24, 2.45) is 23.7 Å². The summed E-state index contributed by atoms with van der Waals surface area (Å²) in [7, 11) is 3.01. The van der Waals surface area contributed by atoms with Crippen molar-refractivity contribution in [3.8, 4) is 17.2 Å². The number of hydrogen-bond acceptors (Lipinski definition) is 9. The molecule has 4 amide bonds. The Hall–Kier alpha value is -4.84. The number of halogens is 2. The number of hydrazine groups is 1. The molecule has 52 heavy (non-hydrogen) atoms. The van der Waals surface area contributed by atoms with Crippen LogP contribution in [0.15, 0.2) is 89.8 Å². The Morgan fingerprint density at radius 3 is 2.40 bits per heavy atom. The Kier molecular flexibility index (Phi) is 8.55. The highest BCUT2D eigenvalue weighted by Gasteiger charge is 2.71. The van der Waals surface area contributed by atoms with Gasteiger partial charge in [0.1, 0.15) is 17.2 Å². The number of phenols is 1. The summed E-state index contributed by atoms with van der Waals surface area (Å²) in [6.45, 7) is 0.164. The van der Waals surface area contributed by atoms with E-state index in [0.29, 0.717) is 33.2 Å². The normalized spacial score (nSPS) is 26.5. The van der Waals surface area contributed by atoms with E-state index in [0.717, 1.165) is 9.89 Å². The summed E-state index contributed by atoms with van der Waals surface area (Å²) in [4.78, 5) is 60.8. The molecule has 266 valence electrons. The smallest absolute Gasteiger partial charge is 0.260 e. The number of methoxy groups -OCH3 is 2. The second-order valence-electron chi connectivity index (χ2n) is 13.4. The summed E-state index contributed by atoms with van der Waals surface area (Å²) < 4.78 is 11.3. The van der Waals surface area contributed by atoms with E-state index in [9.17, 15) is 19.5 Å². The molecule has 3 aromatic carbocycles. The molecule has 2 N–H and O–H groups in total. The van der Waals surface area contributed by atoms with Gasteiger partial charge in [0.15, 0.2) is 0 Å². The zero-order chi connectivity index (χ0) is 36.5. The zero-order valence-electron chi connectivity index (χ0n) is 28.0. The first-order valence-electron chi connectivity index (χ1n) is 16.8. The van der Waals surface area contributed by atoms with Crippen molar-refractivity contribution in [2.45, 2.75) is 30.7 Å². The van der Waals surface area contributed by atoms with E-state index in [1.165, 1.54) is 42.6 Å². The van der Waals surface area contributed by atoms with Gasteiger partial charge in [-0.3, -0.25) is 29.5 Å². The fraction of sp³-hybridized carbons (Fsp3) is 0.282. The molecule has 4 aromatic rings. The topological polar surface area (TPSA) is 125 Å². The van der Waals surface area contributed by atoms with E-state index in [-0.39, 0.29) is 47.7 Å². The molecular formula is C39H33Cl2N3O7S. The number of ether oxygens (including phenoxy) is 2. The summed E-state index contributed by atoms with van der Waals surface area (Å²) in [6, 6.07) is 20.3. The van der Waals surface area contributed by atoms with Crippen molar-refractivity contribution in [3.05, 3.63) is 116 Å². The minimum absolute atomic E-state index is 0.0917. The third-order valence-electron chi connectivity index (χ3n) is 11.1. The molecule has 0 radical (unpaired) electrons. The third-order valence-corrected chi connectivity index (χ3v) is 12.5. The Bertz CT molecular complexity index is 2160. The predicted octanol–water partition coefficient (Wildman–Crippen LogP) is 6.96. The number of imide groups is 2. The molecule has 13 heteroatoms. The molecule has 2 aliphatic carbocycles. The third kappa shape index (κ3) is 5.04. The number of phenolic OH excluding ortho intramolecular Hbond substituents is 1. The number of allylic oxidation sites excluding steroid dienone is 2. The summed E-state index contributed by atoms with van der Waals surface area (Å²) in [5.41, 5.74) is 3.13. The molecule has 4 aliphatic rings. The lowest BCUT2D eigenvalue weighted by molar-refractivity contribution is -0.141. The first-order chi connectivity index (χ1) is 25.1. The van der Waals surface area contributed by atoms with E-state index in [4.69, 9.17) is 32.7 Å². The zero-order valence-corrected chi connectivity index (χ0v) is 30.4. The van der Waals surface area contributed by atoms with Crippen molar-refractivity contribution in [1.29, 1.82) is 0 Å². The number of likely N-dealkylation sites (tertiary alicyclic amines) is 1. The van der Waals surface area contributed by atoms with Gasteiger partial charge in [-0.05, 0) is 78.2 Å². The number of nitrogens with zero attached hydrogens (tertiary/aromatic N) is 2. The van der Waals surface area contributed by atoms with Gasteiger partial charge >= 0.3 is 0 Å². The van der Waals surface area contributed by atoms with Crippen LogP contribution >= 0.6 is 34.5 Å². The average Bonchev–Trinajstić information content (AvgIpc) is 3.81. The van der Waals surface area contributed by atoms with E-state index >= 15 is 4.79 Å². The van der Waals surface area contributed by atoms with E-state index in [1.54, 1.807) is 48.5 Å². The van der Waals surface area contributed by atoms with Crippen LogP contribution in [0.25, 0.3) is 0 Å². The molecule has 0 spiro atoms. The van der Waals surface area contributed by atoms with Crippen LogP contribution in [0.4, 0.5) is 5.69 Å². The fourth-order valence-electron chi connectivity index (χ4n) is 8.94. The lowest BCUT2D eigenvalue weighted by Crippen LogP contribution is -2.53. The molecule has 0 bridgehead atoms. The lowest BCUT2D eigenvalue weighted by Gasteiger charge is -2.50. The number of anilines is 1. The Labute approximate surface area is 313 Å². The van der Waals surface area contributed by atoms with Crippen LogP contribution in [0, 0.1) is 23.7 Å². The Balaban J connectivity index is 1.34. The van der Waals surface area contributed by atoms with Crippen LogP contribution in [-0.2, 0) is 31.1 Å². The number of amides is 4. The van der Waals surface area contributed by atoms with Crippen LogP contribution in [0.3, 0.4) is 0 Å². The molecule has 1 saturated carbocycles. The van der Waals surface area contributed by atoms with Gasteiger partial charge in [0, 0.05) is 21.4 Å². The number of benzene rings is 3. The summed E-state index contributed by atoms with van der Waals surface area (Å²) in [5.74, 6) is -5.00. The van der Waals surface area contributed by atoms with E-state index in [2.05, 4.69) is 5.43 Å². The van der Waals surface area contributed by atoms with Crippen LogP contribution in [0.1, 0.15) is 34.8 Å². The number of nitrogens with one attached hydrogen (secondary N) is 1. The predicted molar refractivity (Wildman–Crippen MR) is 195 cm³/mol. The number of carbonyl (C=O) groups is 4. The second-order valence-corrected chi connectivity index (χ2v) is 15.3. The molecule has 6 unspecified atom stereocenters. The number of thiophene rings is 1. The van der Waals surface area contributed by atoms with Gasteiger partial charge in [-0.25, -0.2) is 0 Å². The van der Waals surface area contributed by atoms with Crippen molar-refractivity contribution in [3.63, 3.8) is 0 Å². The number of rotatable bonds is 8. The number of aromatic hydroxyl groups is 1. The van der Waals surface area contributed by atoms with Gasteiger partial charge in [0.25, 0.3) is 11.8 Å². The summed E-state index contributed by atoms with van der Waals surface area (Å²) in [5, 5.41) is 15.2. The largest absolute Gasteiger partial charge is 0.508 e. The molecule has 6 atom stereocenters. The SMILES string of the molecule is COc1ccc(C23C(=O)N(Nc4ccc(Cl)cc4Cl)C(=O)C2CC2C(=CCC4C(=O)N(Cc5cccs5)C(=O)C42)C3c2c(O)cccc2OC)cc1. The maximum atomic E-state index is 15.4. The highest BCUT2D eigenvalue weighted by atomic mass is 35.5. The molecule has 2 saturated heterocycles. The first kappa shape index (κ1) is 34.3. The maximum absolute atomic E-state index is 15.4. The standard InChI is InChI=1S/C39H33Cl2N3O7S/c1-50-22-11-8-20(9-12-22)39-27(36(47)44(38(39)49)42-29-15-10-21(40)17-28(29)41)18-26-24(34(39)33-30(45)6-3-7-31(33)51-2)13-14-25-32(26)37(48)43(35(25)46)19-23-5-4-16-52-23/h3-13,15-17,25-27,32,34,42,45H,14,18-19H2,1-2H3. The first-order valence-corrected chi connectivity index (χ1v) is 18.4. The monoisotopic (exact) mass is 757 g/mol. The highest BCUT2D eigenvalue weighted by molar-refractivity contribution is 7.09. The average molecular weight is 759 g/mol. The molecule has 2 aliphatic heterocycles. The van der Waals surface area contributed by atoms with Crippen molar-refractivity contribution in [2.75, 3.05) is 19.6 Å². The van der Waals surface area contributed by atoms with Gasteiger partial charge in [0.2, 0.25) is 11.8 Å². The van der Waals surface area contributed by atoms with Crippen molar-refractivity contribution >= 4 is 63.9 Å². The van der Waals surface area contributed by atoms with Gasteiger partial charge in [-0.15, -0.1) is 11.3 Å².